The topological polar surface area (TPSA) is 77.8 Å². The molecule has 1 aromatic carbocycles. The number of ether oxygens (including phenoxy) is 2. The molecule has 0 atom stereocenters. The lowest BCUT2D eigenvalue weighted by molar-refractivity contribution is 0.0348. The van der Waals surface area contributed by atoms with Crippen molar-refractivity contribution in [2.24, 2.45) is 7.05 Å². The van der Waals surface area contributed by atoms with Crippen molar-refractivity contribution in [2.45, 2.75) is 39.2 Å². The lowest BCUT2D eigenvalue weighted by atomic mass is 9.97. The van der Waals surface area contributed by atoms with Gasteiger partial charge < -0.3 is 18.9 Å². The van der Waals surface area contributed by atoms with Gasteiger partial charge in [-0.1, -0.05) is 6.07 Å². The first-order valence-electron chi connectivity index (χ1n) is 10.6. The second-order valence-electron chi connectivity index (χ2n) is 8.11. The number of esters is 1. The summed E-state index contributed by atoms with van der Waals surface area (Å²) in [4.78, 5) is 40.0. The van der Waals surface area contributed by atoms with E-state index in [1.165, 1.54) is 25.3 Å². The fourth-order valence-electron chi connectivity index (χ4n) is 4.23. The van der Waals surface area contributed by atoms with Crippen LogP contribution in [0.15, 0.2) is 18.2 Å². The average molecular weight is 445 g/mol. The Kier molecular flexibility index (Phi) is 7.13. The van der Waals surface area contributed by atoms with Crippen molar-refractivity contribution < 1.29 is 28.2 Å². The van der Waals surface area contributed by atoms with E-state index in [2.05, 4.69) is 0 Å². The van der Waals surface area contributed by atoms with E-state index in [9.17, 15) is 18.8 Å². The zero-order valence-corrected chi connectivity index (χ0v) is 19.2. The Balaban J connectivity index is 1.86. The number of amides is 1. The molecule has 1 saturated heterocycles. The highest BCUT2D eigenvalue weighted by Gasteiger charge is 2.28. The number of aromatic nitrogens is 1. The van der Waals surface area contributed by atoms with Gasteiger partial charge in [0.2, 0.25) is 0 Å². The molecule has 32 heavy (non-hydrogen) atoms. The zero-order valence-electron chi connectivity index (χ0n) is 19.2. The normalized spacial score (nSPS) is 14.5. The summed E-state index contributed by atoms with van der Waals surface area (Å²) in [7, 11) is 4.69. The van der Waals surface area contributed by atoms with Crippen LogP contribution in [0.1, 0.15) is 60.9 Å². The molecule has 0 N–H and O–H groups in total. The lowest BCUT2D eigenvalue weighted by Crippen LogP contribution is -2.41. The minimum absolute atomic E-state index is 0.0553. The van der Waals surface area contributed by atoms with Gasteiger partial charge in [-0.15, -0.1) is 0 Å². The van der Waals surface area contributed by atoms with Crippen molar-refractivity contribution in [2.75, 3.05) is 27.3 Å². The third-order valence-electron chi connectivity index (χ3n) is 6.34. The standard InChI is InChI=1S/C24H29FN2O5/c1-14-21(22(24(30)32-5)15(2)26(14)3)20(28)13-16-6-7-19(25)18(12-16)23(29)27-10-8-17(31-4)9-11-27/h6-7,12,17H,8-11,13H2,1-5H3. The molecule has 1 fully saturated rings. The maximum Gasteiger partial charge on any atom is 0.340 e. The largest absolute Gasteiger partial charge is 0.465 e. The maximum atomic E-state index is 14.5. The van der Waals surface area contributed by atoms with Crippen LogP contribution in [0.4, 0.5) is 4.39 Å². The number of nitrogens with zero attached hydrogens (tertiary/aromatic N) is 2. The van der Waals surface area contributed by atoms with Crippen LogP contribution >= 0.6 is 0 Å². The van der Waals surface area contributed by atoms with Crippen molar-refractivity contribution in [3.63, 3.8) is 0 Å². The van der Waals surface area contributed by atoms with Crippen molar-refractivity contribution in [1.29, 1.82) is 0 Å². The Morgan fingerprint density at radius 1 is 1.06 bits per heavy atom. The van der Waals surface area contributed by atoms with Crippen molar-refractivity contribution in [3.8, 4) is 0 Å². The third kappa shape index (κ3) is 4.46. The Morgan fingerprint density at radius 3 is 2.28 bits per heavy atom. The summed E-state index contributed by atoms with van der Waals surface area (Å²) in [5.74, 6) is -1.89. The number of methoxy groups -OCH3 is 2. The van der Waals surface area contributed by atoms with Crippen molar-refractivity contribution >= 4 is 17.7 Å². The van der Waals surface area contributed by atoms with Crippen LogP contribution < -0.4 is 0 Å². The predicted octanol–water partition coefficient (Wildman–Crippen LogP) is 3.24. The second kappa shape index (κ2) is 9.65. The summed E-state index contributed by atoms with van der Waals surface area (Å²) in [6, 6.07) is 4.13. The van der Waals surface area contributed by atoms with E-state index < -0.39 is 17.7 Å². The summed E-state index contributed by atoms with van der Waals surface area (Å²) in [6.45, 7) is 4.49. The van der Waals surface area contributed by atoms with Gasteiger partial charge in [0.1, 0.15) is 5.82 Å². The second-order valence-corrected chi connectivity index (χ2v) is 8.11. The molecular formula is C24H29FN2O5. The molecule has 0 unspecified atom stereocenters. The first-order valence-corrected chi connectivity index (χ1v) is 10.6. The van der Waals surface area contributed by atoms with Gasteiger partial charge in [0.05, 0.1) is 29.9 Å². The molecular weight excluding hydrogens is 415 g/mol. The number of hydrogen-bond acceptors (Lipinski definition) is 5. The van der Waals surface area contributed by atoms with Crippen molar-refractivity contribution in [1.82, 2.24) is 9.47 Å². The molecule has 0 spiro atoms. The average Bonchev–Trinajstić information content (AvgIpc) is 3.03. The Labute approximate surface area is 187 Å². The van der Waals surface area contributed by atoms with Crippen LogP contribution in [-0.2, 0) is 22.9 Å². The number of hydrogen-bond donors (Lipinski definition) is 0. The molecule has 7 nitrogen and oxygen atoms in total. The number of halogens is 1. The Hall–Kier alpha value is -3.00. The van der Waals surface area contributed by atoms with Gasteiger partial charge in [0.15, 0.2) is 5.78 Å². The number of rotatable bonds is 6. The van der Waals surface area contributed by atoms with Crippen LogP contribution in [0, 0.1) is 19.7 Å². The van der Waals surface area contributed by atoms with E-state index in [1.54, 1.807) is 37.5 Å². The molecule has 1 amide bonds. The molecule has 172 valence electrons. The lowest BCUT2D eigenvalue weighted by Gasteiger charge is -2.31. The predicted molar refractivity (Wildman–Crippen MR) is 117 cm³/mol. The van der Waals surface area contributed by atoms with Crippen LogP contribution in [0.3, 0.4) is 0 Å². The monoisotopic (exact) mass is 444 g/mol. The SMILES string of the molecule is COC(=O)c1c(C(=O)Cc2ccc(F)c(C(=O)N3CCC(OC)CC3)c2)c(C)n(C)c1C. The molecule has 0 saturated carbocycles. The number of ketones is 1. The number of benzene rings is 1. The van der Waals surface area contributed by atoms with Crippen molar-refractivity contribution in [3.05, 3.63) is 57.7 Å². The van der Waals surface area contributed by atoms with E-state index >= 15 is 0 Å². The maximum absolute atomic E-state index is 14.5. The molecule has 1 aliphatic heterocycles. The van der Waals surface area contributed by atoms with Crippen LogP contribution in [0.5, 0.6) is 0 Å². The highest BCUT2D eigenvalue weighted by molar-refractivity contribution is 6.09. The molecule has 3 rings (SSSR count). The minimum Gasteiger partial charge on any atom is -0.465 e. The fraction of sp³-hybridized carbons (Fsp3) is 0.458. The molecule has 0 bridgehead atoms. The summed E-state index contributed by atoms with van der Waals surface area (Å²) >= 11 is 0. The van der Waals surface area contributed by atoms with Crippen LogP contribution in [0.2, 0.25) is 0 Å². The van der Waals surface area contributed by atoms with E-state index in [0.717, 1.165) is 0 Å². The van der Waals surface area contributed by atoms with Gasteiger partial charge in [0.25, 0.3) is 5.91 Å². The van der Waals surface area contributed by atoms with Crippen LogP contribution in [-0.4, -0.2) is 60.5 Å². The fourth-order valence-corrected chi connectivity index (χ4v) is 4.23. The van der Waals surface area contributed by atoms with Gasteiger partial charge >= 0.3 is 5.97 Å². The highest BCUT2D eigenvalue weighted by Crippen LogP contribution is 2.25. The number of piperidine rings is 1. The van der Waals surface area contributed by atoms with Gasteiger partial charge in [-0.2, -0.15) is 0 Å². The van der Waals surface area contributed by atoms with E-state index in [4.69, 9.17) is 9.47 Å². The number of Topliss-reactive ketones (excluding diaryl/α,β-unsaturated/α-hetero) is 1. The summed E-state index contributed by atoms with van der Waals surface area (Å²) < 4.78 is 26.4. The summed E-state index contributed by atoms with van der Waals surface area (Å²) in [6.07, 6.45) is 1.44. The summed E-state index contributed by atoms with van der Waals surface area (Å²) in [5, 5.41) is 0. The summed E-state index contributed by atoms with van der Waals surface area (Å²) in [5.41, 5.74) is 2.25. The molecule has 0 radical (unpaired) electrons. The quantitative estimate of drug-likeness (QED) is 0.505. The Morgan fingerprint density at radius 2 is 1.69 bits per heavy atom. The van der Waals surface area contributed by atoms with Crippen LogP contribution in [0.25, 0.3) is 0 Å². The molecule has 1 aliphatic rings. The van der Waals surface area contributed by atoms with Gasteiger partial charge in [0, 0.05) is 45.1 Å². The molecule has 8 heteroatoms. The van der Waals surface area contributed by atoms with E-state index in [1.807, 2.05) is 0 Å². The smallest absolute Gasteiger partial charge is 0.340 e. The molecule has 2 aromatic rings. The molecule has 2 heterocycles. The first-order chi connectivity index (χ1) is 15.2. The minimum atomic E-state index is -0.623. The number of carbonyl (C=O) groups is 3. The molecule has 1 aromatic heterocycles. The van der Waals surface area contributed by atoms with E-state index in [0.29, 0.717) is 42.9 Å². The highest BCUT2D eigenvalue weighted by atomic mass is 19.1. The zero-order chi connectivity index (χ0) is 23.6. The van der Waals surface area contributed by atoms with Gasteiger partial charge in [-0.3, -0.25) is 9.59 Å². The number of carbonyl (C=O) groups excluding carboxylic acids is 3. The van der Waals surface area contributed by atoms with E-state index in [-0.39, 0.29) is 35.0 Å². The number of likely N-dealkylation sites (tertiary alicyclic amines) is 1. The molecule has 0 aliphatic carbocycles. The third-order valence-corrected chi connectivity index (χ3v) is 6.34. The van der Waals surface area contributed by atoms with Gasteiger partial charge in [-0.05, 0) is 44.4 Å². The van der Waals surface area contributed by atoms with Gasteiger partial charge in [-0.25, -0.2) is 9.18 Å². The Bertz CT molecular complexity index is 1050. The first kappa shape index (κ1) is 23.7.